The summed E-state index contributed by atoms with van der Waals surface area (Å²) < 4.78 is 0. The number of benzene rings is 6. The van der Waals surface area contributed by atoms with Gasteiger partial charge in [-0.05, 0) is 101 Å². The minimum Gasteiger partial charge on any atom is -0.310 e. The molecule has 0 radical (unpaired) electrons. The van der Waals surface area contributed by atoms with Gasteiger partial charge < -0.3 is 4.90 Å². The van der Waals surface area contributed by atoms with Crippen LogP contribution in [0, 0.1) is 20.8 Å². The van der Waals surface area contributed by atoms with Crippen LogP contribution in [0.2, 0.25) is 0 Å². The average Bonchev–Trinajstić information content (AvgIpc) is 3.03. The Hall–Kier alpha value is -4.88. The molecule has 43 heavy (non-hydrogen) atoms. The van der Waals surface area contributed by atoms with Crippen LogP contribution in [0.1, 0.15) is 41.7 Å². The number of hydrogen-bond donors (Lipinski definition) is 0. The van der Waals surface area contributed by atoms with E-state index in [1.165, 1.54) is 61.4 Å². The third-order valence-corrected chi connectivity index (χ3v) is 8.81. The van der Waals surface area contributed by atoms with Crippen molar-refractivity contribution in [1.29, 1.82) is 0 Å². The summed E-state index contributed by atoms with van der Waals surface area (Å²) in [5, 5.41) is 0. The van der Waals surface area contributed by atoms with Crippen molar-refractivity contribution < 1.29 is 0 Å². The number of anilines is 3. The molecule has 1 heteroatoms. The van der Waals surface area contributed by atoms with Gasteiger partial charge in [0.05, 0.1) is 0 Å². The predicted octanol–water partition coefficient (Wildman–Crippen LogP) is 11.7. The lowest BCUT2D eigenvalue weighted by Crippen LogP contribution is -2.23. The molecule has 0 aliphatic carbocycles. The minimum atomic E-state index is -0.145. The fourth-order valence-corrected chi connectivity index (χ4v) is 6.63. The number of aryl methyl sites for hydroxylation is 2. The molecule has 0 fully saturated rings. The van der Waals surface area contributed by atoms with Gasteiger partial charge in [0.25, 0.3) is 0 Å². The second-order valence-electron chi connectivity index (χ2n) is 12.0. The molecule has 1 nitrogen and oxygen atoms in total. The van der Waals surface area contributed by atoms with Crippen LogP contribution in [0.5, 0.6) is 0 Å². The molecule has 0 spiro atoms. The van der Waals surface area contributed by atoms with Gasteiger partial charge in [-0.2, -0.15) is 0 Å². The molecule has 0 atom stereocenters. The summed E-state index contributed by atoms with van der Waals surface area (Å²) in [5.41, 5.74) is 14.9. The summed E-state index contributed by atoms with van der Waals surface area (Å²) in [6.45, 7) is 11.4. The van der Waals surface area contributed by atoms with E-state index in [0.29, 0.717) is 0 Å². The lowest BCUT2D eigenvalue weighted by Gasteiger charge is -2.34. The molecule has 6 aromatic carbocycles. The van der Waals surface area contributed by atoms with Crippen LogP contribution in [0.25, 0.3) is 22.3 Å². The van der Waals surface area contributed by atoms with Crippen LogP contribution >= 0.6 is 0 Å². The number of para-hydroxylation sites is 1. The largest absolute Gasteiger partial charge is 0.310 e. The van der Waals surface area contributed by atoms with Gasteiger partial charge in [0.15, 0.2) is 0 Å². The molecule has 0 saturated carbocycles. The lowest BCUT2D eigenvalue weighted by molar-refractivity contribution is 0.631. The maximum Gasteiger partial charge on any atom is 0.0493 e. The van der Waals surface area contributed by atoms with E-state index in [1.54, 1.807) is 0 Å². The highest BCUT2D eigenvalue weighted by Crippen LogP contribution is 2.44. The van der Waals surface area contributed by atoms with Crippen molar-refractivity contribution in [3.8, 4) is 22.3 Å². The summed E-state index contributed by atoms with van der Waals surface area (Å²) in [5.74, 6) is 0. The first kappa shape index (κ1) is 28.2. The third kappa shape index (κ3) is 5.40. The summed E-state index contributed by atoms with van der Waals surface area (Å²) in [6.07, 6.45) is 0. The van der Waals surface area contributed by atoms with E-state index >= 15 is 0 Å². The Kier molecular flexibility index (Phi) is 7.74. The first-order valence-electron chi connectivity index (χ1n) is 15.1. The van der Waals surface area contributed by atoms with Gasteiger partial charge in [-0.1, -0.05) is 129 Å². The molecule has 0 unspecified atom stereocenters. The SMILES string of the molecule is Cc1cc(-c2ccccc2-c2ccccc2)ccc1N(c1ccccc1)c1cccc(C(C)(C)c2ccccc2C)c1C. The van der Waals surface area contributed by atoms with Crippen LogP contribution in [-0.4, -0.2) is 0 Å². The topological polar surface area (TPSA) is 3.24 Å². The normalized spacial score (nSPS) is 11.4. The fraction of sp³-hybridized carbons (Fsp3) is 0.143. The van der Waals surface area contributed by atoms with E-state index in [9.17, 15) is 0 Å². The highest BCUT2D eigenvalue weighted by molar-refractivity contribution is 5.87. The van der Waals surface area contributed by atoms with Crippen LogP contribution in [0.4, 0.5) is 17.1 Å². The number of hydrogen-bond acceptors (Lipinski definition) is 1. The van der Waals surface area contributed by atoms with Gasteiger partial charge in [0, 0.05) is 22.5 Å². The summed E-state index contributed by atoms with van der Waals surface area (Å²) in [6, 6.07) is 52.5. The number of rotatable bonds is 7. The third-order valence-electron chi connectivity index (χ3n) is 8.81. The van der Waals surface area contributed by atoms with Gasteiger partial charge >= 0.3 is 0 Å². The van der Waals surface area contributed by atoms with Crippen LogP contribution < -0.4 is 4.90 Å². The zero-order valence-electron chi connectivity index (χ0n) is 25.8. The van der Waals surface area contributed by atoms with E-state index < -0.39 is 0 Å². The standard InChI is InChI=1S/C42H39N/c1-30-17-12-15-24-38(30)42(4,5)39-25-16-26-41(32(39)3)43(35-20-10-7-11-21-35)40-28-27-34(29-31(40)2)37-23-14-13-22-36(37)33-18-8-6-9-19-33/h6-29H,1-5H3. The maximum atomic E-state index is 2.43. The highest BCUT2D eigenvalue weighted by atomic mass is 15.1. The maximum absolute atomic E-state index is 2.43. The van der Waals surface area contributed by atoms with E-state index in [4.69, 9.17) is 0 Å². The van der Waals surface area contributed by atoms with Crippen molar-refractivity contribution in [3.05, 3.63) is 173 Å². The molecule has 6 rings (SSSR count). The zero-order chi connectivity index (χ0) is 30.0. The van der Waals surface area contributed by atoms with E-state index in [0.717, 1.165) is 5.69 Å². The van der Waals surface area contributed by atoms with E-state index in [2.05, 4.69) is 185 Å². The van der Waals surface area contributed by atoms with Crippen LogP contribution in [0.3, 0.4) is 0 Å². The summed E-state index contributed by atoms with van der Waals surface area (Å²) in [7, 11) is 0. The van der Waals surface area contributed by atoms with Gasteiger partial charge in [-0.15, -0.1) is 0 Å². The summed E-state index contributed by atoms with van der Waals surface area (Å²) in [4.78, 5) is 2.43. The molecule has 0 aromatic heterocycles. The Bertz CT molecular complexity index is 1870. The second-order valence-corrected chi connectivity index (χ2v) is 12.0. The van der Waals surface area contributed by atoms with Crippen LogP contribution in [0.15, 0.2) is 146 Å². The fourth-order valence-electron chi connectivity index (χ4n) is 6.63. The molecule has 6 aromatic rings. The quantitative estimate of drug-likeness (QED) is 0.189. The van der Waals surface area contributed by atoms with Gasteiger partial charge in [0.2, 0.25) is 0 Å². The van der Waals surface area contributed by atoms with Crippen molar-refractivity contribution in [1.82, 2.24) is 0 Å². The van der Waals surface area contributed by atoms with Crippen molar-refractivity contribution in [2.75, 3.05) is 4.90 Å². The Balaban J connectivity index is 1.49. The first-order valence-corrected chi connectivity index (χ1v) is 15.1. The molecule has 0 heterocycles. The predicted molar refractivity (Wildman–Crippen MR) is 185 cm³/mol. The van der Waals surface area contributed by atoms with Gasteiger partial charge in [0.1, 0.15) is 0 Å². The Morgan fingerprint density at radius 1 is 0.442 bits per heavy atom. The van der Waals surface area contributed by atoms with Crippen molar-refractivity contribution in [2.24, 2.45) is 0 Å². The molecule has 212 valence electrons. The molecule has 0 aliphatic rings. The molecular formula is C42H39N. The summed E-state index contributed by atoms with van der Waals surface area (Å²) >= 11 is 0. The van der Waals surface area contributed by atoms with E-state index in [-0.39, 0.29) is 5.41 Å². The monoisotopic (exact) mass is 557 g/mol. The Morgan fingerprint density at radius 2 is 1.02 bits per heavy atom. The number of nitrogens with zero attached hydrogens (tertiary/aromatic N) is 1. The lowest BCUT2D eigenvalue weighted by atomic mass is 9.74. The highest BCUT2D eigenvalue weighted by Gasteiger charge is 2.28. The van der Waals surface area contributed by atoms with Crippen molar-refractivity contribution >= 4 is 17.1 Å². The average molecular weight is 558 g/mol. The molecule has 0 saturated heterocycles. The van der Waals surface area contributed by atoms with E-state index in [1.807, 2.05) is 0 Å². The Morgan fingerprint density at radius 3 is 1.70 bits per heavy atom. The first-order chi connectivity index (χ1) is 20.9. The van der Waals surface area contributed by atoms with Gasteiger partial charge in [-0.25, -0.2) is 0 Å². The Labute approximate surface area is 257 Å². The molecule has 0 amide bonds. The van der Waals surface area contributed by atoms with Crippen molar-refractivity contribution in [3.63, 3.8) is 0 Å². The molecule has 0 aliphatic heterocycles. The second kappa shape index (κ2) is 11.8. The zero-order valence-corrected chi connectivity index (χ0v) is 25.8. The van der Waals surface area contributed by atoms with Gasteiger partial charge in [-0.3, -0.25) is 0 Å². The van der Waals surface area contributed by atoms with Crippen molar-refractivity contribution in [2.45, 2.75) is 40.0 Å². The molecular weight excluding hydrogens is 518 g/mol. The minimum absolute atomic E-state index is 0.145. The molecule has 0 N–H and O–H groups in total. The smallest absolute Gasteiger partial charge is 0.0493 e. The van der Waals surface area contributed by atoms with Crippen LogP contribution in [-0.2, 0) is 5.41 Å². The molecule has 0 bridgehead atoms.